The number of hydrogen-bond donors (Lipinski definition) is 1. The Bertz CT molecular complexity index is 561. The predicted molar refractivity (Wildman–Crippen MR) is 73.2 cm³/mol. The number of nitrogens with zero attached hydrogens (tertiary/aromatic N) is 4. The summed E-state index contributed by atoms with van der Waals surface area (Å²) in [6, 6.07) is 0. The second-order valence-electron chi connectivity index (χ2n) is 4.94. The third-order valence-electron chi connectivity index (χ3n) is 3.67. The molecule has 2 aromatic heterocycles. The van der Waals surface area contributed by atoms with Gasteiger partial charge in [-0.25, -0.2) is 15.0 Å². The normalized spacial score (nSPS) is 15.0. The van der Waals surface area contributed by atoms with Gasteiger partial charge in [-0.1, -0.05) is 6.42 Å². The van der Waals surface area contributed by atoms with Crippen LogP contribution in [0.25, 0.3) is 5.82 Å². The van der Waals surface area contributed by atoms with Crippen molar-refractivity contribution in [2.45, 2.75) is 38.5 Å². The molecule has 2 N–H and O–H groups in total. The van der Waals surface area contributed by atoms with E-state index in [0.717, 1.165) is 30.9 Å². The van der Waals surface area contributed by atoms with Crippen LogP contribution in [0.4, 0.5) is 0 Å². The molecule has 0 aliphatic heterocycles. The number of nitrogens with two attached hydrogens (primary N) is 1. The molecule has 0 bridgehead atoms. The Kier molecular flexibility index (Phi) is 3.55. The van der Waals surface area contributed by atoms with Gasteiger partial charge < -0.3 is 5.73 Å². The summed E-state index contributed by atoms with van der Waals surface area (Å²) in [6.45, 7) is 0.601. The Morgan fingerprint density at radius 3 is 2.89 bits per heavy atom. The molecule has 5 nitrogen and oxygen atoms in total. The lowest BCUT2D eigenvalue weighted by molar-refractivity contribution is 0.707. The first-order valence-electron chi connectivity index (χ1n) is 6.95. The van der Waals surface area contributed by atoms with Crippen molar-refractivity contribution in [1.29, 1.82) is 0 Å². The second kappa shape index (κ2) is 5.48. The van der Waals surface area contributed by atoms with E-state index in [1.807, 2.05) is 12.4 Å². The molecular weight excluding hydrogens is 238 g/mol. The topological polar surface area (TPSA) is 69.6 Å². The molecular formula is C14H19N5. The van der Waals surface area contributed by atoms with E-state index in [9.17, 15) is 0 Å². The van der Waals surface area contributed by atoms with Gasteiger partial charge >= 0.3 is 0 Å². The molecule has 1 aliphatic rings. The summed E-state index contributed by atoms with van der Waals surface area (Å²) in [4.78, 5) is 13.3. The van der Waals surface area contributed by atoms with Gasteiger partial charge in [-0.3, -0.25) is 4.57 Å². The van der Waals surface area contributed by atoms with E-state index >= 15 is 0 Å². The lowest BCUT2D eigenvalue weighted by atomic mass is 10.1. The highest BCUT2D eigenvalue weighted by Gasteiger charge is 2.17. The maximum absolute atomic E-state index is 5.64. The average Bonchev–Trinajstić information content (AvgIpc) is 2.74. The van der Waals surface area contributed by atoms with Gasteiger partial charge in [-0.05, 0) is 32.2 Å². The highest BCUT2D eigenvalue weighted by molar-refractivity contribution is 5.38. The van der Waals surface area contributed by atoms with E-state index in [1.54, 1.807) is 6.33 Å². The van der Waals surface area contributed by atoms with Crippen LogP contribution in [0, 0.1) is 0 Å². The largest absolute Gasteiger partial charge is 0.330 e. The van der Waals surface area contributed by atoms with Crippen molar-refractivity contribution in [3.05, 3.63) is 35.8 Å². The Morgan fingerprint density at radius 1 is 1.11 bits per heavy atom. The van der Waals surface area contributed by atoms with Crippen molar-refractivity contribution in [1.82, 2.24) is 19.5 Å². The van der Waals surface area contributed by atoms with Crippen molar-refractivity contribution < 1.29 is 0 Å². The van der Waals surface area contributed by atoms with Gasteiger partial charge in [0.05, 0.1) is 0 Å². The van der Waals surface area contributed by atoms with Crippen molar-refractivity contribution >= 4 is 0 Å². The molecule has 2 aromatic rings. The third-order valence-corrected chi connectivity index (χ3v) is 3.67. The number of fused-ring (bicyclic) bond motifs is 1. The van der Waals surface area contributed by atoms with Crippen LogP contribution >= 0.6 is 0 Å². The summed E-state index contributed by atoms with van der Waals surface area (Å²) in [5.74, 6) is 1.97. The smallest absolute Gasteiger partial charge is 0.144 e. The number of aryl methyl sites for hydroxylation is 1. The Labute approximate surface area is 112 Å². The van der Waals surface area contributed by atoms with E-state index in [1.165, 1.54) is 30.5 Å². The zero-order valence-corrected chi connectivity index (χ0v) is 11.0. The minimum absolute atomic E-state index is 0.601. The fourth-order valence-electron chi connectivity index (χ4n) is 2.73. The number of aromatic nitrogens is 4. The highest BCUT2D eigenvalue weighted by atomic mass is 15.1. The van der Waals surface area contributed by atoms with Crippen LogP contribution < -0.4 is 5.73 Å². The minimum Gasteiger partial charge on any atom is -0.330 e. The third kappa shape index (κ3) is 2.38. The van der Waals surface area contributed by atoms with Gasteiger partial charge in [0.1, 0.15) is 18.0 Å². The van der Waals surface area contributed by atoms with Crippen LogP contribution in [0.2, 0.25) is 0 Å². The van der Waals surface area contributed by atoms with E-state index in [4.69, 9.17) is 5.73 Å². The van der Waals surface area contributed by atoms with E-state index in [2.05, 4.69) is 19.5 Å². The lowest BCUT2D eigenvalue weighted by Crippen LogP contribution is -2.12. The van der Waals surface area contributed by atoms with Crippen LogP contribution in [-0.4, -0.2) is 26.1 Å². The fraction of sp³-hybridized carbons (Fsp3) is 0.500. The number of rotatable bonds is 3. The summed E-state index contributed by atoms with van der Waals surface area (Å²) >= 11 is 0. The minimum atomic E-state index is 0.601. The monoisotopic (exact) mass is 257 g/mol. The van der Waals surface area contributed by atoms with Crippen LogP contribution in [0.15, 0.2) is 18.7 Å². The molecule has 0 saturated heterocycles. The lowest BCUT2D eigenvalue weighted by Gasteiger charge is -2.13. The van der Waals surface area contributed by atoms with Gasteiger partial charge in [0.15, 0.2) is 0 Å². The molecule has 2 heterocycles. The molecule has 0 aromatic carbocycles. The van der Waals surface area contributed by atoms with Crippen LogP contribution in [-0.2, 0) is 19.3 Å². The Morgan fingerprint density at radius 2 is 2.00 bits per heavy atom. The SMILES string of the molecule is NCCc1nccn1-c1ncnc2c1CCCCC2. The van der Waals surface area contributed by atoms with Crippen LogP contribution in [0.1, 0.15) is 36.3 Å². The van der Waals surface area contributed by atoms with E-state index in [0.29, 0.717) is 6.54 Å². The molecule has 19 heavy (non-hydrogen) atoms. The summed E-state index contributed by atoms with van der Waals surface area (Å²) in [5.41, 5.74) is 8.14. The molecule has 5 heteroatoms. The summed E-state index contributed by atoms with van der Waals surface area (Å²) in [6.07, 6.45) is 12.1. The first kappa shape index (κ1) is 12.3. The Hall–Kier alpha value is -1.75. The van der Waals surface area contributed by atoms with Crippen molar-refractivity contribution in [3.63, 3.8) is 0 Å². The molecule has 0 fully saturated rings. The number of hydrogen-bond acceptors (Lipinski definition) is 4. The van der Waals surface area contributed by atoms with Gasteiger partial charge in [0.2, 0.25) is 0 Å². The fourth-order valence-corrected chi connectivity index (χ4v) is 2.73. The molecule has 0 saturated carbocycles. The molecule has 100 valence electrons. The maximum Gasteiger partial charge on any atom is 0.144 e. The Balaban J connectivity index is 2.07. The first-order chi connectivity index (χ1) is 9.40. The average molecular weight is 257 g/mol. The molecule has 0 amide bonds. The summed E-state index contributed by atoms with van der Waals surface area (Å²) in [7, 11) is 0. The molecule has 1 aliphatic carbocycles. The summed E-state index contributed by atoms with van der Waals surface area (Å²) in [5, 5.41) is 0. The van der Waals surface area contributed by atoms with Crippen molar-refractivity contribution in [2.75, 3.05) is 6.54 Å². The van der Waals surface area contributed by atoms with Gasteiger partial charge in [0.25, 0.3) is 0 Å². The molecule has 3 rings (SSSR count). The van der Waals surface area contributed by atoms with E-state index in [-0.39, 0.29) is 0 Å². The number of imidazole rings is 1. The second-order valence-corrected chi connectivity index (χ2v) is 4.94. The molecule has 0 atom stereocenters. The van der Waals surface area contributed by atoms with Crippen LogP contribution in [0.5, 0.6) is 0 Å². The van der Waals surface area contributed by atoms with Gasteiger partial charge in [0, 0.05) is 30.1 Å². The molecule has 0 unspecified atom stereocenters. The highest BCUT2D eigenvalue weighted by Crippen LogP contribution is 2.23. The quantitative estimate of drug-likeness (QED) is 0.845. The zero-order valence-electron chi connectivity index (χ0n) is 11.0. The van der Waals surface area contributed by atoms with Gasteiger partial charge in [-0.15, -0.1) is 0 Å². The maximum atomic E-state index is 5.64. The first-order valence-corrected chi connectivity index (χ1v) is 6.95. The van der Waals surface area contributed by atoms with Crippen molar-refractivity contribution in [2.24, 2.45) is 5.73 Å². The standard InChI is InChI=1S/C14H19N5/c15-7-6-13-16-8-9-19(13)14-11-4-2-1-3-5-12(11)17-10-18-14/h8-10H,1-7,15H2. The zero-order chi connectivity index (χ0) is 13.1. The summed E-state index contributed by atoms with van der Waals surface area (Å²) < 4.78 is 2.07. The van der Waals surface area contributed by atoms with E-state index < -0.39 is 0 Å². The van der Waals surface area contributed by atoms with Crippen LogP contribution in [0.3, 0.4) is 0 Å². The van der Waals surface area contributed by atoms with Gasteiger partial charge in [-0.2, -0.15) is 0 Å². The predicted octanol–water partition coefficient (Wildman–Crippen LogP) is 1.43. The molecule has 0 spiro atoms. The van der Waals surface area contributed by atoms with Crippen molar-refractivity contribution in [3.8, 4) is 5.82 Å². The molecule has 0 radical (unpaired) electrons.